The van der Waals surface area contributed by atoms with Crippen LogP contribution < -0.4 is 4.74 Å². The highest BCUT2D eigenvalue weighted by Gasteiger charge is 2.31. The molecule has 1 heterocycles. The highest BCUT2D eigenvalue weighted by Crippen LogP contribution is 2.33. The molecule has 4 nitrogen and oxygen atoms in total. The van der Waals surface area contributed by atoms with Crippen LogP contribution in [-0.2, 0) is 0 Å². The van der Waals surface area contributed by atoms with Crippen LogP contribution in [0.15, 0.2) is 12.1 Å². The Morgan fingerprint density at radius 1 is 1.24 bits per heavy atom. The second-order valence-corrected chi connectivity index (χ2v) is 6.31. The molecule has 1 fully saturated rings. The summed E-state index contributed by atoms with van der Waals surface area (Å²) in [4.78, 5) is 4.57. The maximum atomic E-state index is 11.0. The van der Waals surface area contributed by atoms with Gasteiger partial charge in [-0.3, -0.25) is 4.90 Å². The molecule has 1 aromatic rings. The third kappa shape index (κ3) is 3.57. The first kappa shape index (κ1) is 16.3. The average molecular weight is 292 g/mol. The summed E-state index contributed by atoms with van der Waals surface area (Å²) in [6.07, 6.45) is 0.603. The number of aliphatic hydroxyl groups excluding tert-OH is 1. The number of aliphatic hydroxyl groups is 1. The molecule has 0 aliphatic carbocycles. The maximum absolute atomic E-state index is 11.0. The summed E-state index contributed by atoms with van der Waals surface area (Å²) in [5.41, 5.74) is 3.18. The number of methoxy groups -OCH3 is 1. The van der Waals surface area contributed by atoms with E-state index in [0.717, 1.165) is 48.5 Å². The van der Waals surface area contributed by atoms with Crippen molar-refractivity contribution >= 4 is 0 Å². The minimum absolute atomic E-state index is 0.0906. The van der Waals surface area contributed by atoms with Gasteiger partial charge in [0.1, 0.15) is 5.75 Å². The zero-order valence-electron chi connectivity index (χ0n) is 13.9. The van der Waals surface area contributed by atoms with E-state index in [4.69, 9.17) is 4.74 Å². The largest absolute Gasteiger partial charge is 0.496 e. The lowest BCUT2D eigenvalue weighted by atomic mass is 9.94. The molecule has 1 N–H and O–H groups in total. The first-order valence-electron chi connectivity index (χ1n) is 7.66. The quantitative estimate of drug-likeness (QED) is 0.924. The summed E-state index contributed by atoms with van der Waals surface area (Å²) in [7, 11) is 5.90. The SMILES string of the molecule is COc1cc(C)cc(C)c1C(O)C1CN(C)CCCN1C. The van der Waals surface area contributed by atoms with Gasteiger partial charge >= 0.3 is 0 Å². The summed E-state index contributed by atoms with van der Waals surface area (Å²) in [5.74, 6) is 0.792. The fraction of sp³-hybridized carbons (Fsp3) is 0.647. The van der Waals surface area contributed by atoms with Crippen LogP contribution in [0.1, 0.15) is 29.2 Å². The average Bonchev–Trinajstić information content (AvgIpc) is 2.58. The highest BCUT2D eigenvalue weighted by molar-refractivity contribution is 5.45. The molecule has 21 heavy (non-hydrogen) atoms. The third-order valence-electron chi connectivity index (χ3n) is 4.49. The van der Waals surface area contributed by atoms with E-state index in [2.05, 4.69) is 43.8 Å². The number of benzene rings is 1. The van der Waals surface area contributed by atoms with Gasteiger partial charge in [0, 0.05) is 12.1 Å². The van der Waals surface area contributed by atoms with Gasteiger partial charge < -0.3 is 14.7 Å². The molecule has 0 radical (unpaired) electrons. The predicted molar refractivity (Wildman–Crippen MR) is 86.0 cm³/mol. The molecule has 2 unspecified atom stereocenters. The van der Waals surface area contributed by atoms with Crippen LogP contribution in [-0.4, -0.2) is 61.8 Å². The van der Waals surface area contributed by atoms with Crippen molar-refractivity contribution < 1.29 is 9.84 Å². The van der Waals surface area contributed by atoms with Gasteiger partial charge in [0.15, 0.2) is 0 Å². The first-order valence-corrected chi connectivity index (χ1v) is 7.66. The minimum Gasteiger partial charge on any atom is -0.496 e. The van der Waals surface area contributed by atoms with Crippen molar-refractivity contribution in [1.82, 2.24) is 9.80 Å². The predicted octanol–water partition coefficient (Wildman–Crippen LogP) is 1.98. The lowest BCUT2D eigenvalue weighted by molar-refractivity contribution is 0.0551. The molecule has 0 spiro atoms. The van der Waals surface area contributed by atoms with Gasteiger partial charge in [0.25, 0.3) is 0 Å². The van der Waals surface area contributed by atoms with Crippen LogP contribution in [0.5, 0.6) is 5.75 Å². The zero-order valence-corrected chi connectivity index (χ0v) is 13.9. The number of hydrogen-bond acceptors (Lipinski definition) is 4. The summed E-state index contributed by atoms with van der Waals surface area (Å²) in [6, 6.07) is 4.21. The van der Waals surface area contributed by atoms with Crippen molar-refractivity contribution in [3.8, 4) is 5.75 Å². The van der Waals surface area contributed by atoms with Crippen molar-refractivity contribution in [2.24, 2.45) is 0 Å². The molecule has 0 aromatic heterocycles. The third-order valence-corrected chi connectivity index (χ3v) is 4.49. The van der Waals surface area contributed by atoms with Gasteiger partial charge in [0.2, 0.25) is 0 Å². The molecule has 1 saturated heterocycles. The number of aryl methyl sites for hydroxylation is 2. The normalized spacial score (nSPS) is 22.9. The summed E-state index contributed by atoms with van der Waals surface area (Å²) < 4.78 is 5.52. The molecule has 0 amide bonds. The first-order chi connectivity index (χ1) is 9.93. The number of ether oxygens (including phenoxy) is 1. The number of hydrogen-bond donors (Lipinski definition) is 1. The van der Waals surface area contributed by atoms with Gasteiger partial charge in [-0.05, 0) is 64.6 Å². The van der Waals surface area contributed by atoms with Gasteiger partial charge in [0.05, 0.1) is 19.3 Å². The Balaban J connectivity index is 2.36. The molecule has 0 saturated carbocycles. The smallest absolute Gasteiger partial charge is 0.125 e. The van der Waals surface area contributed by atoms with Crippen molar-refractivity contribution in [3.63, 3.8) is 0 Å². The second kappa shape index (κ2) is 6.77. The van der Waals surface area contributed by atoms with Crippen molar-refractivity contribution in [1.29, 1.82) is 0 Å². The van der Waals surface area contributed by atoms with Crippen LogP contribution in [0.25, 0.3) is 0 Å². The summed E-state index contributed by atoms with van der Waals surface area (Å²) >= 11 is 0. The van der Waals surface area contributed by atoms with E-state index in [0.29, 0.717) is 0 Å². The van der Waals surface area contributed by atoms with Crippen LogP contribution in [0, 0.1) is 13.8 Å². The van der Waals surface area contributed by atoms with Gasteiger partial charge in [-0.1, -0.05) is 6.07 Å². The van der Waals surface area contributed by atoms with Crippen molar-refractivity contribution in [2.75, 3.05) is 40.8 Å². The van der Waals surface area contributed by atoms with E-state index in [9.17, 15) is 5.11 Å². The fourth-order valence-corrected chi connectivity index (χ4v) is 3.33. The van der Waals surface area contributed by atoms with Gasteiger partial charge in [-0.25, -0.2) is 0 Å². The molecule has 118 valence electrons. The van der Waals surface area contributed by atoms with Crippen LogP contribution in [0.4, 0.5) is 0 Å². The second-order valence-electron chi connectivity index (χ2n) is 6.31. The molecule has 2 atom stereocenters. The van der Waals surface area contributed by atoms with Crippen LogP contribution >= 0.6 is 0 Å². The van der Waals surface area contributed by atoms with Gasteiger partial charge in [-0.15, -0.1) is 0 Å². The molecule has 4 heteroatoms. The van der Waals surface area contributed by atoms with E-state index in [1.54, 1.807) is 7.11 Å². The number of likely N-dealkylation sites (N-methyl/N-ethyl adjacent to an activating group) is 2. The van der Waals surface area contributed by atoms with Crippen LogP contribution in [0.2, 0.25) is 0 Å². The van der Waals surface area contributed by atoms with Crippen molar-refractivity contribution in [3.05, 3.63) is 28.8 Å². The number of rotatable bonds is 3. The maximum Gasteiger partial charge on any atom is 0.125 e. The number of nitrogens with zero attached hydrogens (tertiary/aromatic N) is 2. The zero-order chi connectivity index (χ0) is 15.6. The lowest BCUT2D eigenvalue weighted by Gasteiger charge is -2.33. The Kier molecular flexibility index (Phi) is 5.25. The van der Waals surface area contributed by atoms with Crippen LogP contribution in [0.3, 0.4) is 0 Å². The van der Waals surface area contributed by atoms with E-state index in [1.807, 2.05) is 6.07 Å². The highest BCUT2D eigenvalue weighted by atomic mass is 16.5. The Morgan fingerprint density at radius 2 is 1.95 bits per heavy atom. The topological polar surface area (TPSA) is 35.9 Å². The molecule has 1 aliphatic heterocycles. The monoisotopic (exact) mass is 292 g/mol. The molecule has 1 aromatic carbocycles. The minimum atomic E-state index is -0.536. The van der Waals surface area contributed by atoms with E-state index in [1.165, 1.54) is 0 Å². The Hall–Kier alpha value is -1.10. The molecule has 1 aliphatic rings. The van der Waals surface area contributed by atoms with E-state index >= 15 is 0 Å². The summed E-state index contributed by atoms with van der Waals surface area (Å²) in [5, 5.41) is 11.0. The Labute approximate surface area is 128 Å². The fourth-order valence-electron chi connectivity index (χ4n) is 3.33. The lowest BCUT2D eigenvalue weighted by Crippen LogP contribution is -2.42. The Morgan fingerprint density at radius 3 is 2.62 bits per heavy atom. The molecule has 0 bridgehead atoms. The van der Waals surface area contributed by atoms with E-state index in [-0.39, 0.29) is 6.04 Å². The Bertz CT molecular complexity index is 490. The summed E-state index contributed by atoms with van der Waals surface area (Å²) in [6.45, 7) is 7.07. The molecular formula is C17H28N2O2. The molecule has 2 rings (SSSR count). The standard InChI is InChI=1S/C17H28N2O2/c1-12-9-13(2)16(15(10-12)21-5)17(20)14-11-18(3)7-6-8-19(14)4/h9-10,14,17,20H,6-8,11H2,1-5H3. The van der Waals surface area contributed by atoms with Crippen molar-refractivity contribution in [2.45, 2.75) is 32.4 Å². The molecular weight excluding hydrogens is 264 g/mol. The van der Waals surface area contributed by atoms with E-state index < -0.39 is 6.10 Å². The van der Waals surface area contributed by atoms with Gasteiger partial charge in [-0.2, -0.15) is 0 Å².